The van der Waals surface area contributed by atoms with E-state index >= 15 is 0 Å². The number of benzene rings is 1. The van der Waals surface area contributed by atoms with Gasteiger partial charge in [-0.15, -0.1) is 11.3 Å². The minimum atomic E-state index is 0.347. The minimum absolute atomic E-state index is 0.347. The van der Waals surface area contributed by atoms with Crippen LogP contribution in [0.5, 0.6) is 0 Å². The standard InChI is InChI=1S/C25H31N7OS/c1-30-9-11-32(12-10-30)18-2-3-21-22(14-18)29-24(28-21)20-15-26-25-19(6-13-34-25)23(20)27-17-4-7-31(16-33)8-5-17/h2-3,6,13-14,16-17,26-27H,4-5,7-12,15H2,1H3,(H,28,29). The van der Waals surface area contributed by atoms with E-state index in [0.29, 0.717) is 6.04 Å². The summed E-state index contributed by atoms with van der Waals surface area (Å²) in [4.78, 5) is 26.4. The number of nitrogens with one attached hydrogen (secondary N) is 3. The van der Waals surface area contributed by atoms with Crippen LogP contribution in [-0.2, 0) is 4.79 Å². The van der Waals surface area contributed by atoms with Crippen LogP contribution in [0, 0.1) is 0 Å². The molecular weight excluding hydrogens is 446 g/mol. The van der Waals surface area contributed by atoms with Gasteiger partial charge in [-0.1, -0.05) is 0 Å². The summed E-state index contributed by atoms with van der Waals surface area (Å²) < 4.78 is 0. The van der Waals surface area contributed by atoms with Gasteiger partial charge in [0.05, 0.1) is 21.7 Å². The number of likely N-dealkylation sites (tertiary alicyclic amines) is 1. The number of aromatic amines is 1. The molecule has 34 heavy (non-hydrogen) atoms. The van der Waals surface area contributed by atoms with Crippen LogP contribution in [0.4, 0.5) is 10.7 Å². The molecule has 0 saturated carbocycles. The van der Waals surface area contributed by atoms with E-state index < -0.39 is 0 Å². The highest BCUT2D eigenvalue weighted by molar-refractivity contribution is 7.14. The van der Waals surface area contributed by atoms with E-state index in [1.54, 1.807) is 11.3 Å². The predicted octanol–water partition coefficient (Wildman–Crippen LogP) is 2.88. The highest BCUT2D eigenvalue weighted by atomic mass is 32.1. The summed E-state index contributed by atoms with van der Waals surface area (Å²) in [6.45, 7) is 6.62. The Balaban J connectivity index is 1.32. The Kier molecular flexibility index (Phi) is 5.66. The molecular formula is C25H31N7OS. The van der Waals surface area contributed by atoms with Gasteiger partial charge in [-0.05, 0) is 49.5 Å². The normalized spacial score (nSPS) is 19.9. The molecule has 2 fully saturated rings. The van der Waals surface area contributed by atoms with E-state index in [0.717, 1.165) is 87.6 Å². The van der Waals surface area contributed by atoms with Gasteiger partial charge in [0, 0.05) is 68.7 Å². The van der Waals surface area contributed by atoms with E-state index in [4.69, 9.17) is 4.98 Å². The zero-order valence-corrected chi connectivity index (χ0v) is 20.3. The molecule has 2 saturated heterocycles. The van der Waals surface area contributed by atoms with Gasteiger partial charge in [-0.25, -0.2) is 4.98 Å². The quantitative estimate of drug-likeness (QED) is 0.491. The molecule has 0 atom stereocenters. The smallest absolute Gasteiger partial charge is 0.209 e. The van der Waals surface area contributed by atoms with Crippen molar-refractivity contribution in [2.45, 2.75) is 18.9 Å². The average molecular weight is 478 g/mol. The molecule has 3 aliphatic heterocycles. The van der Waals surface area contributed by atoms with Crippen molar-refractivity contribution in [3.05, 3.63) is 41.0 Å². The fourth-order valence-electron chi connectivity index (χ4n) is 5.18. The summed E-state index contributed by atoms with van der Waals surface area (Å²) in [6, 6.07) is 9.11. The molecule has 1 aromatic carbocycles. The Bertz CT molecular complexity index is 1220. The number of fused-ring (bicyclic) bond motifs is 2. The van der Waals surface area contributed by atoms with Gasteiger partial charge >= 0.3 is 0 Å². The maximum atomic E-state index is 11.1. The number of anilines is 2. The molecule has 3 N–H and O–H groups in total. The van der Waals surface area contributed by atoms with E-state index in [-0.39, 0.29) is 0 Å². The number of rotatable bonds is 5. The third-order valence-corrected chi connectivity index (χ3v) is 8.18. The number of amides is 1. The first-order valence-electron chi connectivity index (χ1n) is 12.1. The van der Waals surface area contributed by atoms with Gasteiger partial charge in [-0.2, -0.15) is 0 Å². The average Bonchev–Trinajstić information content (AvgIpc) is 3.52. The number of carbonyl (C=O) groups is 1. The molecule has 9 heteroatoms. The minimum Gasteiger partial charge on any atom is -0.381 e. The molecule has 3 aromatic rings. The SMILES string of the molecule is CN1CCN(c2ccc3nc(C4=C(NC5CCN(C=O)CC5)c5ccsc5NC4)[nH]c3c2)CC1. The van der Waals surface area contributed by atoms with Crippen molar-refractivity contribution in [3.63, 3.8) is 0 Å². The number of aromatic nitrogens is 2. The summed E-state index contributed by atoms with van der Waals surface area (Å²) in [6.07, 6.45) is 2.88. The molecule has 5 heterocycles. The second-order valence-electron chi connectivity index (χ2n) is 9.51. The van der Waals surface area contributed by atoms with Crippen molar-refractivity contribution in [1.82, 2.24) is 25.1 Å². The van der Waals surface area contributed by atoms with Crippen molar-refractivity contribution in [3.8, 4) is 0 Å². The first-order chi connectivity index (χ1) is 16.7. The largest absolute Gasteiger partial charge is 0.381 e. The molecule has 0 radical (unpaired) electrons. The molecule has 0 aliphatic carbocycles. The number of nitrogens with zero attached hydrogens (tertiary/aromatic N) is 4. The van der Waals surface area contributed by atoms with Gasteiger partial charge in [0.25, 0.3) is 0 Å². The predicted molar refractivity (Wildman–Crippen MR) is 139 cm³/mol. The highest BCUT2D eigenvalue weighted by Gasteiger charge is 2.27. The first-order valence-corrected chi connectivity index (χ1v) is 13.0. The zero-order valence-electron chi connectivity index (χ0n) is 19.5. The molecule has 1 amide bonds. The summed E-state index contributed by atoms with van der Waals surface area (Å²) in [5.41, 5.74) is 6.87. The van der Waals surface area contributed by atoms with Crippen LogP contribution in [0.2, 0.25) is 0 Å². The second-order valence-corrected chi connectivity index (χ2v) is 10.4. The Morgan fingerprint density at radius 2 is 1.94 bits per heavy atom. The second kappa shape index (κ2) is 8.96. The topological polar surface area (TPSA) is 79.5 Å². The Morgan fingerprint density at radius 3 is 2.74 bits per heavy atom. The monoisotopic (exact) mass is 477 g/mol. The number of piperazine rings is 1. The summed E-state index contributed by atoms with van der Waals surface area (Å²) in [5, 5.41) is 10.8. The summed E-state index contributed by atoms with van der Waals surface area (Å²) >= 11 is 1.74. The molecule has 8 nitrogen and oxygen atoms in total. The third kappa shape index (κ3) is 4.03. The van der Waals surface area contributed by atoms with Gasteiger partial charge in [-0.3, -0.25) is 4.79 Å². The van der Waals surface area contributed by atoms with Crippen molar-refractivity contribution in [1.29, 1.82) is 0 Å². The summed E-state index contributed by atoms with van der Waals surface area (Å²) in [5.74, 6) is 0.919. The van der Waals surface area contributed by atoms with Gasteiger partial charge < -0.3 is 30.3 Å². The fourth-order valence-corrected chi connectivity index (χ4v) is 5.98. The van der Waals surface area contributed by atoms with Gasteiger partial charge in [0.15, 0.2) is 0 Å². The molecule has 0 bridgehead atoms. The van der Waals surface area contributed by atoms with Crippen LogP contribution < -0.4 is 15.5 Å². The number of imidazole rings is 1. The highest BCUT2D eigenvalue weighted by Crippen LogP contribution is 2.38. The number of hydrogen-bond acceptors (Lipinski definition) is 7. The lowest BCUT2D eigenvalue weighted by Crippen LogP contribution is -2.44. The number of thiophene rings is 1. The van der Waals surface area contributed by atoms with Crippen molar-refractivity contribution < 1.29 is 4.79 Å². The maximum absolute atomic E-state index is 11.1. The summed E-state index contributed by atoms with van der Waals surface area (Å²) in [7, 11) is 2.18. The lowest BCUT2D eigenvalue weighted by Gasteiger charge is -2.34. The zero-order chi connectivity index (χ0) is 23.1. The molecule has 0 spiro atoms. The molecule has 3 aliphatic rings. The number of H-pyrrole nitrogens is 1. The first kappa shape index (κ1) is 21.5. The van der Waals surface area contributed by atoms with E-state index in [1.807, 2.05) is 4.90 Å². The van der Waals surface area contributed by atoms with E-state index in [9.17, 15) is 4.79 Å². The number of hydrogen-bond donors (Lipinski definition) is 3. The lowest BCUT2D eigenvalue weighted by molar-refractivity contribution is -0.119. The fraction of sp³-hybridized carbons (Fsp3) is 0.440. The molecule has 6 rings (SSSR count). The number of carbonyl (C=O) groups excluding carboxylic acids is 1. The van der Waals surface area contributed by atoms with Crippen LogP contribution in [-0.4, -0.2) is 85.1 Å². The Morgan fingerprint density at radius 1 is 1.12 bits per heavy atom. The van der Waals surface area contributed by atoms with E-state index in [2.05, 4.69) is 62.1 Å². The van der Waals surface area contributed by atoms with Crippen molar-refractivity contribution in [2.24, 2.45) is 0 Å². The van der Waals surface area contributed by atoms with Crippen LogP contribution >= 0.6 is 11.3 Å². The van der Waals surface area contributed by atoms with Crippen LogP contribution in [0.25, 0.3) is 22.3 Å². The van der Waals surface area contributed by atoms with Crippen LogP contribution in [0.1, 0.15) is 24.2 Å². The number of likely N-dealkylation sites (N-methyl/N-ethyl adjacent to an activating group) is 1. The van der Waals surface area contributed by atoms with E-state index in [1.165, 1.54) is 21.8 Å². The number of piperidine rings is 1. The van der Waals surface area contributed by atoms with Gasteiger partial charge in [0.2, 0.25) is 6.41 Å². The Labute approximate surface area is 203 Å². The van der Waals surface area contributed by atoms with Crippen molar-refractivity contribution in [2.75, 3.05) is 63.1 Å². The van der Waals surface area contributed by atoms with Gasteiger partial charge in [0.1, 0.15) is 5.82 Å². The molecule has 178 valence electrons. The molecule has 0 unspecified atom stereocenters. The lowest BCUT2D eigenvalue weighted by atomic mass is 10.00. The van der Waals surface area contributed by atoms with Crippen LogP contribution in [0.15, 0.2) is 29.6 Å². The van der Waals surface area contributed by atoms with Crippen molar-refractivity contribution >= 4 is 50.7 Å². The maximum Gasteiger partial charge on any atom is 0.209 e. The van der Waals surface area contributed by atoms with Crippen LogP contribution in [0.3, 0.4) is 0 Å². The molecule has 2 aromatic heterocycles. The third-order valence-electron chi connectivity index (χ3n) is 7.31. The Hall–Kier alpha value is -3.04.